The molecule has 102 valence electrons. The number of likely N-dealkylation sites (N-methyl/N-ethyl adjacent to an activating group) is 1. The monoisotopic (exact) mass is 270 g/mol. The molecule has 0 saturated carbocycles. The molecular weight excluding hydrogens is 248 g/mol. The highest BCUT2D eigenvalue weighted by atomic mass is 35.5. The topological polar surface area (TPSA) is 46.3 Å². The summed E-state index contributed by atoms with van der Waals surface area (Å²) in [5.74, 6) is 0.240. The van der Waals surface area contributed by atoms with E-state index in [2.05, 4.69) is 6.92 Å². The Hall–Kier alpha value is -1.06. The lowest BCUT2D eigenvalue weighted by atomic mass is 9.99. The third kappa shape index (κ3) is 4.67. The molecule has 0 fully saturated rings. The van der Waals surface area contributed by atoms with Crippen molar-refractivity contribution in [3.8, 4) is 0 Å². The molecule has 1 rings (SSSR count). The first-order valence-electron chi connectivity index (χ1n) is 6.10. The van der Waals surface area contributed by atoms with Gasteiger partial charge >= 0.3 is 0 Å². The van der Waals surface area contributed by atoms with Crippen LogP contribution >= 0.6 is 12.4 Å². The Kier molecular flexibility index (Phi) is 7.64. The Balaban J connectivity index is 0.00000289. The van der Waals surface area contributed by atoms with Gasteiger partial charge in [-0.15, -0.1) is 12.4 Å². The van der Waals surface area contributed by atoms with Gasteiger partial charge in [0.15, 0.2) is 0 Å². The molecule has 4 heteroatoms. The van der Waals surface area contributed by atoms with Crippen molar-refractivity contribution in [2.45, 2.75) is 32.9 Å². The molecule has 2 N–H and O–H groups in total. The van der Waals surface area contributed by atoms with Gasteiger partial charge in [0.05, 0.1) is 6.04 Å². The number of amides is 1. The number of benzene rings is 1. The Morgan fingerprint density at radius 3 is 2.39 bits per heavy atom. The lowest BCUT2D eigenvalue weighted by Crippen LogP contribution is -2.45. The zero-order valence-electron chi connectivity index (χ0n) is 11.3. The van der Waals surface area contributed by atoms with Crippen molar-refractivity contribution >= 4 is 18.3 Å². The number of carbonyl (C=O) groups is 1. The Morgan fingerprint density at radius 1 is 1.33 bits per heavy atom. The van der Waals surface area contributed by atoms with Gasteiger partial charge in [-0.3, -0.25) is 4.79 Å². The molecule has 0 aromatic heterocycles. The van der Waals surface area contributed by atoms with Crippen LogP contribution in [0.25, 0.3) is 0 Å². The maximum absolute atomic E-state index is 12.0. The summed E-state index contributed by atoms with van der Waals surface area (Å²) in [6.07, 6.45) is 0.923. The number of nitrogens with zero attached hydrogens (tertiary/aromatic N) is 1. The molecule has 0 aliphatic heterocycles. The van der Waals surface area contributed by atoms with E-state index in [1.807, 2.05) is 37.3 Å². The molecule has 3 nitrogen and oxygen atoms in total. The average molecular weight is 271 g/mol. The standard InChI is InChI=1S/C14H22N2O.ClH/c1-4-11(2)13(15)14(17)16(3)10-12-8-6-5-7-9-12;/h5-9,11,13H,4,10,15H2,1-3H3;1H. The van der Waals surface area contributed by atoms with Crippen molar-refractivity contribution in [3.05, 3.63) is 35.9 Å². The first-order valence-corrected chi connectivity index (χ1v) is 6.10. The van der Waals surface area contributed by atoms with Crippen LogP contribution in [0.2, 0.25) is 0 Å². The van der Waals surface area contributed by atoms with Crippen LogP contribution in [0.15, 0.2) is 30.3 Å². The van der Waals surface area contributed by atoms with Crippen LogP contribution in [0.1, 0.15) is 25.8 Å². The fourth-order valence-electron chi connectivity index (χ4n) is 1.69. The van der Waals surface area contributed by atoms with Crippen LogP contribution < -0.4 is 5.73 Å². The predicted octanol–water partition coefficient (Wildman–Crippen LogP) is 2.44. The van der Waals surface area contributed by atoms with Gasteiger partial charge in [-0.2, -0.15) is 0 Å². The maximum atomic E-state index is 12.0. The number of nitrogens with two attached hydrogens (primary N) is 1. The second-order valence-corrected chi connectivity index (χ2v) is 4.59. The molecule has 0 spiro atoms. The van der Waals surface area contributed by atoms with E-state index in [0.717, 1.165) is 12.0 Å². The molecule has 1 aromatic rings. The molecule has 0 saturated heterocycles. The quantitative estimate of drug-likeness (QED) is 0.893. The van der Waals surface area contributed by atoms with Gasteiger partial charge in [-0.1, -0.05) is 50.6 Å². The summed E-state index contributed by atoms with van der Waals surface area (Å²) < 4.78 is 0. The van der Waals surface area contributed by atoms with E-state index < -0.39 is 6.04 Å². The van der Waals surface area contributed by atoms with Crippen LogP contribution in [-0.2, 0) is 11.3 Å². The third-order valence-electron chi connectivity index (χ3n) is 3.18. The first-order chi connectivity index (χ1) is 8.06. The van der Waals surface area contributed by atoms with Crippen LogP contribution in [0.4, 0.5) is 0 Å². The normalized spacial score (nSPS) is 13.3. The summed E-state index contributed by atoms with van der Waals surface area (Å²) in [7, 11) is 1.80. The second kappa shape index (κ2) is 8.11. The highest BCUT2D eigenvalue weighted by Gasteiger charge is 2.22. The van der Waals surface area contributed by atoms with Gasteiger partial charge in [0.2, 0.25) is 5.91 Å². The molecular formula is C14H23ClN2O. The molecule has 0 radical (unpaired) electrons. The Labute approximate surface area is 116 Å². The molecule has 0 aliphatic rings. The first kappa shape index (κ1) is 16.9. The van der Waals surface area contributed by atoms with E-state index in [1.165, 1.54) is 0 Å². The van der Waals surface area contributed by atoms with Gasteiger partial charge in [-0.25, -0.2) is 0 Å². The molecule has 18 heavy (non-hydrogen) atoms. The number of carbonyl (C=O) groups excluding carboxylic acids is 1. The fourth-order valence-corrected chi connectivity index (χ4v) is 1.69. The van der Waals surface area contributed by atoms with Gasteiger partial charge in [-0.05, 0) is 11.5 Å². The molecule has 1 aromatic carbocycles. The number of hydrogen-bond donors (Lipinski definition) is 1. The maximum Gasteiger partial charge on any atom is 0.239 e. The van der Waals surface area contributed by atoms with E-state index in [1.54, 1.807) is 11.9 Å². The van der Waals surface area contributed by atoms with Crippen molar-refractivity contribution in [2.24, 2.45) is 11.7 Å². The zero-order valence-corrected chi connectivity index (χ0v) is 12.1. The van der Waals surface area contributed by atoms with Crippen LogP contribution in [-0.4, -0.2) is 23.9 Å². The largest absolute Gasteiger partial charge is 0.340 e. The molecule has 0 heterocycles. The molecule has 0 bridgehead atoms. The molecule has 2 unspecified atom stereocenters. The number of halogens is 1. The van der Waals surface area contributed by atoms with Crippen molar-refractivity contribution in [1.29, 1.82) is 0 Å². The molecule has 2 atom stereocenters. The average Bonchev–Trinajstić information content (AvgIpc) is 2.37. The summed E-state index contributed by atoms with van der Waals surface area (Å²) in [6, 6.07) is 9.55. The molecule has 1 amide bonds. The number of hydrogen-bond acceptors (Lipinski definition) is 2. The van der Waals surface area contributed by atoms with E-state index in [0.29, 0.717) is 6.54 Å². The number of rotatable bonds is 5. The minimum Gasteiger partial charge on any atom is -0.340 e. The van der Waals surface area contributed by atoms with E-state index >= 15 is 0 Å². The van der Waals surface area contributed by atoms with E-state index in [-0.39, 0.29) is 24.2 Å². The highest BCUT2D eigenvalue weighted by molar-refractivity contribution is 5.85. The highest BCUT2D eigenvalue weighted by Crippen LogP contribution is 2.10. The minimum atomic E-state index is -0.395. The minimum absolute atomic E-state index is 0. The van der Waals surface area contributed by atoms with Crippen molar-refractivity contribution in [1.82, 2.24) is 4.90 Å². The second-order valence-electron chi connectivity index (χ2n) is 4.59. The van der Waals surface area contributed by atoms with E-state index in [4.69, 9.17) is 5.73 Å². The van der Waals surface area contributed by atoms with Crippen LogP contribution in [0.5, 0.6) is 0 Å². The Morgan fingerprint density at radius 2 is 1.89 bits per heavy atom. The van der Waals surface area contributed by atoms with Crippen molar-refractivity contribution in [2.75, 3.05) is 7.05 Å². The van der Waals surface area contributed by atoms with Gasteiger partial charge in [0, 0.05) is 13.6 Å². The predicted molar refractivity (Wildman–Crippen MR) is 77.6 cm³/mol. The fraction of sp³-hybridized carbons (Fsp3) is 0.500. The smallest absolute Gasteiger partial charge is 0.239 e. The summed E-state index contributed by atoms with van der Waals surface area (Å²) in [4.78, 5) is 13.7. The summed E-state index contributed by atoms with van der Waals surface area (Å²) >= 11 is 0. The van der Waals surface area contributed by atoms with Crippen LogP contribution in [0, 0.1) is 5.92 Å². The lowest BCUT2D eigenvalue weighted by Gasteiger charge is -2.24. The Bertz CT molecular complexity index is 356. The molecule has 0 aliphatic carbocycles. The summed E-state index contributed by atoms with van der Waals surface area (Å²) in [6.45, 7) is 4.68. The third-order valence-corrected chi connectivity index (χ3v) is 3.18. The van der Waals surface area contributed by atoms with Crippen molar-refractivity contribution in [3.63, 3.8) is 0 Å². The van der Waals surface area contributed by atoms with Gasteiger partial charge in [0.1, 0.15) is 0 Å². The zero-order chi connectivity index (χ0) is 12.8. The summed E-state index contributed by atoms with van der Waals surface area (Å²) in [5, 5.41) is 0. The SMILES string of the molecule is CCC(C)C(N)C(=O)N(C)Cc1ccccc1.Cl. The van der Waals surface area contributed by atoms with Gasteiger partial charge < -0.3 is 10.6 Å². The van der Waals surface area contributed by atoms with Gasteiger partial charge in [0.25, 0.3) is 0 Å². The van der Waals surface area contributed by atoms with Crippen molar-refractivity contribution < 1.29 is 4.79 Å². The summed E-state index contributed by atoms with van der Waals surface area (Å²) in [5.41, 5.74) is 7.06. The lowest BCUT2D eigenvalue weighted by molar-refractivity contribution is -0.132. The van der Waals surface area contributed by atoms with E-state index in [9.17, 15) is 4.79 Å². The van der Waals surface area contributed by atoms with Crippen LogP contribution in [0.3, 0.4) is 0 Å².